The smallest absolute Gasteiger partial charge is 0.00774 e. The van der Waals surface area contributed by atoms with E-state index in [1.54, 1.807) is 0 Å². The third kappa shape index (κ3) is 8.87. The van der Waals surface area contributed by atoms with Crippen LogP contribution in [-0.2, 0) is 0 Å². The maximum atomic E-state index is 5.14. The van der Waals surface area contributed by atoms with Gasteiger partial charge in [0.25, 0.3) is 0 Å². The van der Waals surface area contributed by atoms with Gasteiger partial charge in [-0.2, -0.15) is 0 Å². The molecule has 2 heteroatoms. The molecule has 0 aromatic rings. The molecule has 6 heavy (non-hydrogen) atoms. The fourth-order valence-electron chi connectivity index (χ4n) is 0.204. The van der Waals surface area contributed by atoms with E-state index in [-0.39, 0.29) is 12.4 Å². The monoisotopic (exact) mass is 108 g/mol. The van der Waals surface area contributed by atoms with Gasteiger partial charge >= 0.3 is 0 Å². The molecule has 2 N–H and O–H groups in total. The Labute approximate surface area is 45.3 Å². The van der Waals surface area contributed by atoms with Crippen molar-refractivity contribution in [2.24, 2.45) is 5.73 Å². The van der Waals surface area contributed by atoms with Gasteiger partial charge in [-0.3, -0.25) is 0 Å². The molecule has 0 aliphatic carbocycles. The quantitative estimate of drug-likeness (QED) is 0.425. The maximum absolute atomic E-state index is 5.14. The molecule has 0 aliphatic heterocycles. The van der Waals surface area contributed by atoms with Crippen LogP contribution in [0.25, 0.3) is 0 Å². The van der Waals surface area contributed by atoms with Gasteiger partial charge in [-0.1, -0.05) is 13.3 Å². The van der Waals surface area contributed by atoms with E-state index in [1.807, 2.05) is 0 Å². The fraction of sp³-hybridized carbons (Fsp3) is 1.00. The van der Waals surface area contributed by atoms with Crippen LogP contribution in [0.15, 0.2) is 0 Å². The van der Waals surface area contributed by atoms with E-state index in [4.69, 9.17) is 5.73 Å². The van der Waals surface area contributed by atoms with Crippen LogP contribution in [0.2, 0.25) is 0 Å². The summed E-state index contributed by atoms with van der Waals surface area (Å²) < 4.78 is 0. The number of unbranched alkanes of at least 4 members (excludes halogenated alkanes) is 1. The van der Waals surface area contributed by atoms with E-state index in [0.29, 0.717) is 0 Å². The van der Waals surface area contributed by atoms with Crippen molar-refractivity contribution in [2.75, 3.05) is 6.54 Å². The Morgan fingerprint density at radius 3 is 2.00 bits per heavy atom. The van der Waals surface area contributed by atoms with Gasteiger partial charge in [-0.15, -0.1) is 0 Å². The zero-order valence-electron chi connectivity index (χ0n) is 4.08. The van der Waals surface area contributed by atoms with Gasteiger partial charge in [0.1, 0.15) is 0 Å². The molecule has 0 saturated heterocycles. The summed E-state index contributed by atoms with van der Waals surface area (Å²) in [6.07, 6.45) is 2.39. The topological polar surface area (TPSA) is 26.0 Å². The van der Waals surface area contributed by atoms with E-state index in [9.17, 15) is 0 Å². The normalized spacial score (nSPS) is 7.00. The first-order valence-corrected chi connectivity index (χ1v) is 2.12. The molecule has 40 valence electrons. The molecule has 0 aromatic carbocycles. The lowest BCUT2D eigenvalue weighted by Gasteiger charge is -1.80. The molecule has 0 bridgehead atoms. The van der Waals surface area contributed by atoms with Crippen LogP contribution in [0.1, 0.15) is 19.8 Å². The predicted octanol–water partition coefficient (Wildman–Crippen LogP) is -2.25. The highest BCUT2D eigenvalue weighted by atomic mass is 35.5. The number of hydrogen-bond acceptors (Lipinski definition) is 1. The average molecular weight is 109 g/mol. The van der Waals surface area contributed by atoms with Crippen LogP contribution < -0.4 is 18.1 Å². The second-order valence-electron chi connectivity index (χ2n) is 1.14. The minimum Gasteiger partial charge on any atom is -1.00 e. The summed E-state index contributed by atoms with van der Waals surface area (Å²) >= 11 is 0. The Bertz CT molecular complexity index is 15.0. The van der Waals surface area contributed by atoms with Crippen molar-refractivity contribution in [2.45, 2.75) is 19.8 Å². The average Bonchev–Trinajstić information content (AvgIpc) is 1.41. The molecule has 0 amide bonds. The zero-order chi connectivity index (χ0) is 4.12. The van der Waals surface area contributed by atoms with Crippen molar-refractivity contribution in [1.82, 2.24) is 0 Å². The molecular formula is C4H11ClN-. The minimum absolute atomic E-state index is 0. The molecule has 0 fully saturated rings. The summed E-state index contributed by atoms with van der Waals surface area (Å²) in [5, 5.41) is 0. The first kappa shape index (κ1) is 9.54. The molecular weight excluding hydrogens is 97.5 g/mol. The van der Waals surface area contributed by atoms with Crippen molar-refractivity contribution < 1.29 is 12.4 Å². The molecule has 0 heterocycles. The Morgan fingerprint density at radius 2 is 2.00 bits per heavy atom. The van der Waals surface area contributed by atoms with Crippen molar-refractivity contribution in [3.63, 3.8) is 0 Å². The number of rotatable bonds is 2. The van der Waals surface area contributed by atoms with Crippen LogP contribution in [0.4, 0.5) is 0 Å². The lowest BCUT2D eigenvalue weighted by Crippen LogP contribution is -3.00. The highest BCUT2D eigenvalue weighted by Crippen LogP contribution is 1.77. The van der Waals surface area contributed by atoms with Gasteiger partial charge in [-0.05, 0) is 13.0 Å². The summed E-state index contributed by atoms with van der Waals surface area (Å²) in [5.74, 6) is 0. The van der Waals surface area contributed by atoms with Crippen LogP contribution in [-0.4, -0.2) is 6.54 Å². The van der Waals surface area contributed by atoms with E-state index in [0.717, 1.165) is 6.54 Å². The lowest BCUT2D eigenvalue weighted by molar-refractivity contribution is -0.00000129. The standard InChI is InChI=1S/C4H11N.ClH/c1-2-3-4-5;/h2-5H2,1H3;1H/p-1. The third-order valence-electron chi connectivity index (χ3n) is 0.558. The van der Waals surface area contributed by atoms with Gasteiger partial charge in [0.15, 0.2) is 0 Å². The maximum Gasteiger partial charge on any atom is -0.00774 e. The van der Waals surface area contributed by atoms with Crippen LogP contribution >= 0.6 is 0 Å². The summed E-state index contributed by atoms with van der Waals surface area (Å²) in [7, 11) is 0. The second-order valence-corrected chi connectivity index (χ2v) is 1.14. The number of halogens is 1. The Balaban J connectivity index is 0. The molecule has 0 radical (unpaired) electrons. The van der Waals surface area contributed by atoms with Crippen LogP contribution in [0.5, 0.6) is 0 Å². The molecule has 0 atom stereocenters. The molecule has 0 aromatic heterocycles. The SMILES string of the molecule is CCCCN.[Cl-]. The molecule has 0 spiro atoms. The van der Waals surface area contributed by atoms with Gasteiger partial charge in [0.2, 0.25) is 0 Å². The first-order valence-electron chi connectivity index (χ1n) is 2.12. The summed E-state index contributed by atoms with van der Waals surface area (Å²) in [6.45, 7) is 2.98. The van der Waals surface area contributed by atoms with Crippen LogP contribution in [0.3, 0.4) is 0 Å². The number of hydrogen-bond donors (Lipinski definition) is 1. The second kappa shape index (κ2) is 8.98. The Kier molecular flexibility index (Phi) is 14.3. The minimum atomic E-state index is 0. The lowest BCUT2D eigenvalue weighted by atomic mass is 10.3. The van der Waals surface area contributed by atoms with Crippen molar-refractivity contribution in [3.05, 3.63) is 0 Å². The van der Waals surface area contributed by atoms with Gasteiger partial charge < -0.3 is 18.1 Å². The Morgan fingerprint density at radius 1 is 1.50 bits per heavy atom. The van der Waals surface area contributed by atoms with Crippen LogP contribution in [0, 0.1) is 0 Å². The van der Waals surface area contributed by atoms with E-state index in [2.05, 4.69) is 6.92 Å². The largest absolute Gasteiger partial charge is 1.00 e. The predicted molar refractivity (Wildman–Crippen MR) is 24.0 cm³/mol. The third-order valence-corrected chi connectivity index (χ3v) is 0.558. The number of nitrogens with two attached hydrogens (primary N) is 1. The van der Waals surface area contributed by atoms with Gasteiger partial charge in [0.05, 0.1) is 0 Å². The van der Waals surface area contributed by atoms with Gasteiger partial charge in [-0.25, -0.2) is 0 Å². The Hall–Kier alpha value is 0.250. The first-order chi connectivity index (χ1) is 2.41. The zero-order valence-corrected chi connectivity index (χ0v) is 4.83. The van der Waals surface area contributed by atoms with E-state index in [1.165, 1.54) is 12.8 Å². The van der Waals surface area contributed by atoms with Crippen molar-refractivity contribution >= 4 is 0 Å². The molecule has 0 rings (SSSR count). The summed E-state index contributed by atoms with van der Waals surface area (Å²) in [6, 6.07) is 0. The fourth-order valence-corrected chi connectivity index (χ4v) is 0.204. The van der Waals surface area contributed by atoms with E-state index < -0.39 is 0 Å². The highest BCUT2D eigenvalue weighted by molar-refractivity contribution is 4.29. The van der Waals surface area contributed by atoms with Gasteiger partial charge in [0, 0.05) is 0 Å². The van der Waals surface area contributed by atoms with Crippen molar-refractivity contribution in [1.29, 1.82) is 0 Å². The molecule has 1 nitrogen and oxygen atoms in total. The summed E-state index contributed by atoms with van der Waals surface area (Å²) in [4.78, 5) is 0. The molecule has 0 unspecified atom stereocenters. The van der Waals surface area contributed by atoms with E-state index >= 15 is 0 Å². The highest BCUT2D eigenvalue weighted by Gasteiger charge is 1.67. The summed E-state index contributed by atoms with van der Waals surface area (Å²) in [5.41, 5.74) is 5.14. The molecule has 0 aliphatic rings. The molecule has 0 saturated carbocycles. The van der Waals surface area contributed by atoms with Crippen molar-refractivity contribution in [3.8, 4) is 0 Å².